The summed E-state index contributed by atoms with van der Waals surface area (Å²) < 4.78 is 1.93. The van der Waals surface area contributed by atoms with Crippen molar-refractivity contribution in [3.63, 3.8) is 0 Å². The predicted molar refractivity (Wildman–Crippen MR) is 73.5 cm³/mol. The lowest BCUT2D eigenvalue weighted by molar-refractivity contribution is 0.450. The first-order valence-corrected chi connectivity index (χ1v) is 6.36. The molecular weight excluding hydrogens is 240 g/mol. The topological polar surface area (TPSA) is 85.4 Å². The average molecular weight is 256 g/mol. The van der Waals surface area contributed by atoms with E-state index in [1.165, 1.54) is 0 Å². The van der Waals surface area contributed by atoms with Gasteiger partial charge in [-0.25, -0.2) is 4.98 Å². The lowest BCUT2D eigenvalue weighted by atomic mass is 10.1. The zero-order chi connectivity index (χ0) is 13.2. The quantitative estimate of drug-likeness (QED) is 0.744. The van der Waals surface area contributed by atoms with Gasteiger partial charge in [0.2, 0.25) is 0 Å². The van der Waals surface area contributed by atoms with Crippen LogP contribution in [0.4, 0.5) is 0 Å². The van der Waals surface area contributed by atoms with Gasteiger partial charge >= 0.3 is 0 Å². The molecule has 3 aromatic rings. The number of nitrogens with two attached hydrogens (primary N) is 1. The molecule has 6 nitrogen and oxygen atoms in total. The van der Waals surface area contributed by atoms with Crippen LogP contribution in [0.25, 0.3) is 22.2 Å². The number of fused-ring (bicyclic) bond motifs is 1. The van der Waals surface area contributed by atoms with Gasteiger partial charge in [-0.1, -0.05) is 6.92 Å². The van der Waals surface area contributed by atoms with E-state index >= 15 is 0 Å². The van der Waals surface area contributed by atoms with Crippen molar-refractivity contribution in [2.75, 3.05) is 6.54 Å². The maximum atomic E-state index is 5.75. The van der Waals surface area contributed by atoms with Crippen LogP contribution in [0.2, 0.25) is 0 Å². The van der Waals surface area contributed by atoms with Crippen LogP contribution >= 0.6 is 0 Å². The molecule has 3 N–H and O–H groups in total. The molecule has 0 spiro atoms. The Morgan fingerprint density at radius 1 is 1.42 bits per heavy atom. The van der Waals surface area contributed by atoms with Gasteiger partial charge < -0.3 is 5.73 Å². The molecule has 0 aromatic carbocycles. The molecule has 3 heterocycles. The summed E-state index contributed by atoms with van der Waals surface area (Å²) in [5.41, 5.74) is 8.68. The molecule has 0 saturated carbocycles. The van der Waals surface area contributed by atoms with Crippen LogP contribution in [0.15, 0.2) is 30.9 Å². The Bertz CT molecular complexity index is 679. The van der Waals surface area contributed by atoms with E-state index in [4.69, 9.17) is 5.73 Å². The van der Waals surface area contributed by atoms with Crippen molar-refractivity contribution in [3.8, 4) is 11.1 Å². The summed E-state index contributed by atoms with van der Waals surface area (Å²) >= 11 is 0. The standard InChI is InChI=1S/C13H16N6/c1-2-10(5-14)19-8-9(6-17-19)11-3-4-15-13-12(11)7-16-18-13/h3-4,6-8,10H,2,5,14H2,1H3,(H,15,16,18). The SMILES string of the molecule is CCC(CN)n1cc(-c2ccnc3[nH]ncc23)cn1. The van der Waals surface area contributed by atoms with Crippen molar-refractivity contribution in [2.45, 2.75) is 19.4 Å². The zero-order valence-electron chi connectivity index (χ0n) is 10.7. The van der Waals surface area contributed by atoms with Crippen LogP contribution in [-0.2, 0) is 0 Å². The molecule has 1 unspecified atom stereocenters. The number of nitrogens with one attached hydrogen (secondary N) is 1. The van der Waals surface area contributed by atoms with Gasteiger partial charge in [-0.15, -0.1) is 0 Å². The lowest BCUT2D eigenvalue weighted by Crippen LogP contribution is -2.18. The molecule has 98 valence electrons. The van der Waals surface area contributed by atoms with Gasteiger partial charge in [-0.05, 0) is 18.1 Å². The van der Waals surface area contributed by atoms with E-state index in [9.17, 15) is 0 Å². The van der Waals surface area contributed by atoms with Crippen molar-refractivity contribution in [3.05, 3.63) is 30.9 Å². The summed E-state index contributed by atoms with van der Waals surface area (Å²) in [6.07, 6.45) is 8.42. The highest BCUT2D eigenvalue weighted by atomic mass is 15.3. The highest BCUT2D eigenvalue weighted by Gasteiger charge is 2.11. The molecule has 3 aromatic heterocycles. The van der Waals surface area contributed by atoms with Crippen LogP contribution in [0.1, 0.15) is 19.4 Å². The molecule has 0 aliphatic heterocycles. The monoisotopic (exact) mass is 256 g/mol. The Kier molecular flexibility index (Phi) is 3.00. The van der Waals surface area contributed by atoms with Crippen molar-refractivity contribution >= 4 is 11.0 Å². The maximum absolute atomic E-state index is 5.75. The van der Waals surface area contributed by atoms with Gasteiger partial charge in [0.15, 0.2) is 5.65 Å². The number of aromatic amines is 1. The third-order valence-corrected chi connectivity index (χ3v) is 3.38. The average Bonchev–Trinajstić information content (AvgIpc) is 3.08. The van der Waals surface area contributed by atoms with Gasteiger partial charge in [-0.2, -0.15) is 10.2 Å². The minimum Gasteiger partial charge on any atom is -0.328 e. The molecule has 0 aliphatic rings. The first-order chi connectivity index (χ1) is 9.33. The molecule has 0 aliphatic carbocycles. The van der Waals surface area contributed by atoms with Crippen LogP contribution in [0, 0.1) is 0 Å². The van der Waals surface area contributed by atoms with Crippen LogP contribution in [-0.4, -0.2) is 31.5 Å². The van der Waals surface area contributed by atoms with Gasteiger partial charge in [0.25, 0.3) is 0 Å². The van der Waals surface area contributed by atoms with E-state index in [1.54, 1.807) is 12.4 Å². The Morgan fingerprint density at radius 3 is 3.11 bits per heavy atom. The Labute approximate surface area is 110 Å². The summed E-state index contributed by atoms with van der Waals surface area (Å²) in [6, 6.07) is 2.22. The fourth-order valence-corrected chi connectivity index (χ4v) is 2.24. The molecule has 0 fully saturated rings. The molecule has 19 heavy (non-hydrogen) atoms. The van der Waals surface area contributed by atoms with Crippen LogP contribution < -0.4 is 5.73 Å². The smallest absolute Gasteiger partial charge is 0.155 e. The molecule has 0 bridgehead atoms. The minimum atomic E-state index is 0.246. The summed E-state index contributed by atoms with van der Waals surface area (Å²) in [4.78, 5) is 4.24. The number of pyridine rings is 1. The second-order valence-electron chi connectivity index (χ2n) is 4.50. The number of rotatable bonds is 4. The number of H-pyrrole nitrogens is 1. The first kappa shape index (κ1) is 11.9. The summed E-state index contributed by atoms with van der Waals surface area (Å²) in [5, 5.41) is 12.3. The molecule has 0 radical (unpaired) electrons. The Morgan fingerprint density at radius 2 is 2.32 bits per heavy atom. The number of hydrogen-bond acceptors (Lipinski definition) is 4. The van der Waals surface area contributed by atoms with Gasteiger partial charge in [0.1, 0.15) is 0 Å². The van der Waals surface area contributed by atoms with E-state index in [2.05, 4.69) is 27.2 Å². The van der Waals surface area contributed by atoms with E-state index in [0.717, 1.165) is 28.6 Å². The Hall–Kier alpha value is -2.21. The summed E-state index contributed by atoms with van der Waals surface area (Å²) in [6.45, 7) is 2.70. The third kappa shape index (κ3) is 2.00. The Balaban J connectivity index is 2.05. The first-order valence-electron chi connectivity index (χ1n) is 6.36. The highest BCUT2D eigenvalue weighted by molar-refractivity contribution is 5.91. The number of nitrogens with zero attached hydrogens (tertiary/aromatic N) is 4. The van der Waals surface area contributed by atoms with Crippen molar-refractivity contribution < 1.29 is 0 Å². The molecule has 6 heteroatoms. The van der Waals surface area contributed by atoms with E-state index in [1.807, 2.05) is 23.1 Å². The van der Waals surface area contributed by atoms with E-state index in [0.29, 0.717) is 6.54 Å². The molecule has 0 amide bonds. The van der Waals surface area contributed by atoms with Crippen molar-refractivity contribution in [1.82, 2.24) is 25.0 Å². The van der Waals surface area contributed by atoms with Gasteiger partial charge in [0.05, 0.1) is 18.4 Å². The van der Waals surface area contributed by atoms with Crippen molar-refractivity contribution in [2.24, 2.45) is 5.73 Å². The molecular formula is C13H16N6. The molecule has 0 saturated heterocycles. The van der Waals surface area contributed by atoms with Crippen LogP contribution in [0.3, 0.4) is 0 Å². The number of hydrogen-bond donors (Lipinski definition) is 2. The maximum Gasteiger partial charge on any atom is 0.155 e. The molecule has 1 atom stereocenters. The molecule has 3 rings (SSSR count). The third-order valence-electron chi connectivity index (χ3n) is 3.38. The van der Waals surface area contributed by atoms with E-state index < -0.39 is 0 Å². The summed E-state index contributed by atoms with van der Waals surface area (Å²) in [5.74, 6) is 0. The van der Waals surface area contributed by atoms with E-state index in [-0.39, 0.29) is 6.04 Å². The second-order valence-corrected chi connectivity index (χ2v) is 4.50. The predicted octanol–water partition coefficient (Wildman–Crippen LogP) is 1.73. The fourth-order valence-electron chi connectivity index (χ4n) is 2.24. The van der Waals surface area contributed by atoms with Crippen molar-refractivity contribution in [1.29, 1.82) is 0 Å². The minimum absolute atomic E-state index is 0.246. The lowest BCUT2D eigenvalue weighted by Gasteiger charge is -2.12. The normalized spacial score (nSPS) is 12.9. The zero-order valence-corrected chi connectivity index (χ0v) is 10.7. The second kappa shape index (κ2) is 4.81. The number of aromatic nitrogens is 5. The van der Waals surface area contributed by atoms with Gasteiger partial charge in [0, 0.05) is 29.9 Å². The van der Waals surface area contributed by atoms with Gasteiger partial charge in [-0.3, -0.25) is 9.78 Å². The highest BCUT2D eigenvalue weighted by Crippen LogP contribution is 2.26. The fraction of sp³-hybridized carbons (Fsp3) is 0.308. The van der Waals surface area contributed by atoms with Crippen LogP contribution in [0.5, 0.6) is 0 Å². The summed E-state index contributed by atoms with van der Waals surface area (Å²) in [7, 11) is 0. The largest absolute Gasteiger partial charge is 0.328 e.